The number of piperidine rings is 1. The summed E-state index contributed by atoms with van der Waals surface area (Å²) in [5, 5.41) is 3.06. The minimum absolute atomic E-state index is 0.0540. The molecule has 154 valence electrons. The number of nitrogens with zero attached hydrogens (tertiary/aromatic N) is 2. The highest BCUT2D eigenvalue weighted by molar-refractivity contribution is 5.82. The van der Waals surface area contributed by atoms with E-state index in [4.69, 9.17) is 0 Å². The van der Waals surface area contributed by atoms with Gasteiger partial charge < -0.3 is 10.2 Å². The summed E-state index contributed by atoms with van der Waals surface area (Å²) in [5.74, 6) is 0.430. The Morgan fingerprint density at radius 3 is 2.36 bits per heavy atom. The van der Waals surface area contributed by atoms with Crippen LogP contribution < -0.4 is 5.32 Å². The molecule has 0 bridgehead atoms. The van der Waals surface area contributed by atoms with Gasteiger partial charge in [-0.2, -0.15) is 0 Å². The van der Waals surface area contributed by atoms with Crippen molar-refractivity contribution in [1.29, 1.82) is 0 Å². The van der Waals surface area contributed by atoms with E-state index in [1.807, 2.05) is 49.2 Å². The normalized spacial score (nSPS) is 20.5. The van der Waals surface area contributed by atoms with Crippen LogP contribution in [-0.2, 0) is 16.1 Å². The minimum atomic E-state index is -0.0970. The number of carbonyl (C=O) groups is 2. The molecule has 1 aromatic carbocycles. The Balaban J connectivity index is 1.43. The lowest BCUT2D eigenvalue weighted by Gasteiger charge is -2.39. The van der Waals surface area contributed by atoms with Gasteiger partial charge in [0.15, 0.2) is 0 Å². The number of likely N-dealkylation sites (N-methyl/N-ethyl adjacent to an activating group) is 1. The molecule has 5 heteroatoms. The predicted molar refractivity (Wildman–Crippen MR) is 112 cm³/mol. The topological polar surface area (TPSA) is 52.7 Å². The molecule has 1 saturated heterocycles. The van der Waals surface area contributed by atoms with Crippen LogP contribution in [0.2, 0.25) is 0 Å². The highest BCUT2D eigenvalue weighted by atomic mass is 16.2. The van der Waals surface area contributed by atoms with Crippen LogP contribution in [0.3, 0.4) is 0 Å². The number of hydrogen-bond donors (Lipinski definition) is 1. The van der Waals surface area contributed by atoms with Crippen molar-refractivity contribution in [3.05, 3.63) is 35.9 Å². The van der Waals surface area contributed by atoms with Crippen molar-refractivity contribution in [2.45, 2.75) is 70.5 Å². The number of likely N-dealkylation sites (tertiary alicyclic amines) is 1. The van der Waals surface area contributed by atoms with Crippen LogP contribution in [0, 0.1) is 5.92 Å². The zero-order valence-electron chi connectivity index (χ0n) is 17.4. The van der Waals surface area contributed by atoms with Crippen LogP contribution in [0.4, 0.5) is 0 Å². The van der Waals surface area contributed by atoms with Crippen molar-refractivity contribution in [2.24, 2.45) is 5.92 Å². The predicted octanol–water partition coefficient (Wildman–Crippen LogP) is 3.19. The first-order valence-corrected chi connectivity index (χ1v) is 10.9. The Labute approximate surface area is 169 Å². The molecule has 0 radical (unpaired) electrons. The van der Waals surface area contributed by atoms with Gasteiger partial charge in [-0.15, -0.1) is 0 Å². The molecule has 1 aliphatic heterocycles. The van der Waals surface area contributed by atoms with Crippen molar-refractivity contribution < 1.29 is 9.59 Å². The average Bonchev–Trinajstić information content (AvgIpc) is 2.77. The van der Waals surface area contributed by atoms with Gasteiger partial charge in [0, 0.05) is 25.6 Å². The molecule has 2 aliphatic rings. The smallest absolute Gasteiger partial charge is 0.239 e. The van der Waals surface area contributed by atoms with Gasteiger partial charge in [0.05, 0.1) is 6.04 Å². The second-order valence-electron chi connectivity index (χ2n) is 8.43. The molecule has 1 heterocycles. The standard InChI is InChI=1S/C23H35N3O2/c1-18(23(28)25(2)21-11-7-4-8-12-21)26-15-13-20(14-16-26)22(27)24-17-19-9-5-3-6-10-19/h3,5-6,9-10,18,20-21H,4,7-8,11-17H2,1-2H3,(H,24,27). The van der Waals surface area contributed by atoms with E-state index >= 15 is 0 Å². The van der Waals surface area contributed by atoms with E-state index in [0.29, 0.717) is 12.6 Å². The third kappa shape index (κ3) is 5.34. The second kappa shape index (κ2) is 10.1. The van der Waals surface area contributed by atoms with Gasteiger partial charge in [-0.05, 0) is 51.3 Å². The molecule has 1 N–H and O–H groups in total. The van der Waals surface area contributed by atoms with Crippen LogP contribution in [0.1, 0.15) is 57.4 Å². The third-order valence-electron chi connectivity index (χ3n) is 6.59. The van der Waals surface area contributed by atoms with Crippen LogP contribution in [0.5, 0.6) is 0 Å². The number of rotatable bonds is 6. The maximum absolute atomic E-state index is 12.9. The number of benzene rings is 1. The van der Waals surface area contributed by atoms with Gasteiger partial charge in [0.1, 0.15) is 0 Å². The molecular weight excluding hydrogens is 350 g/mol. The maximum Gasteiger partial charge on any atom is 0.239 e. The summed E-state index contributed by atoms with van der Waals surface area (Å²) in [6, 6.07) is 10.3. The van der Waals surface area contributed by atoms with Crippen LogP contribution >= 0.6 is 0 Å². The molecular formula is C23H35N3O2. The molecule has 1 aliphatic carbocycles. The van der Waals surface area contributed by atoms with Crippen molar-refractivity contribution >= 4 is 11.8 Å². The van der Waals surface area contributed by atoms with Gasteiger partial charge >= 0.3 is 0 Å². The van der Waals surface area contributed by atoms with Crippen LogP contribution in [-0.4, -0.2) is 53.8 Å². The summed E-state index contributed by atoms with van der Waals surface area (Å²) in [6.45, 7) is 4.24. The fraction of sp³-hybridized carbons (Fsp3) is 0.652. The Hall–Kier alpha value is -1.88. The number of hydrogen-bond acceptors (Lipinski definition) is 3. The lowest BCUT2D eigenvalue weighted by Crippen LogP contribution is -2.52. The molecule has 1 aromatic rings. The fourth-order valence-electron chi connectivity index (χ4n) is 4.58. The summed E-state index contributed by atoms with van der Waals surface area (Å²) >= 11 is 0. The molecule has 2 amide bonds. The van der Waals surface area contributed by atoms with E-state index in [9.17, 15) is 9.59 Å². The lowest BCUT2D eigenvalue weighted by molar-refractivity contribution is -0.138. The van der Waals surface area contributed by atoms with E-state index in [1.165, 1.54) is 19.3 Å². The fourth-order valence-corrected chi connectivity index (χ4v) is 4.58. The Morgan fingerprint density at radius 2 is 1.71 bits per heavy atom. The van der Waals surface area contributed by atoms with Crippen molar-refractivity contribution in [1.82, 2.24) is 15.1 Å². The molecule has 28 heavy (non-hydrogen) atoms. The summed E-state index contributed by atoms with van der Waals surface area (Å²) in [7, 11) is 1.97. The van der Waals surface area contributed by atoms with Crippen molar-refractivity contribution in [3.63, 3.8) is 0 Å². The summed E-state index contributed by atoms with van der Waals surface area (Å²) in [4.78, 5) is 29.7. The molecule has 3 rings (SSSR count). The second-order valence-corrected chi connectivity index (χ2v) is 8.43. The van der Waals surface area contributed by atoms with E-state index in [1.54, 1.807) is 0 Å². The molecule has 2 fully saturated rings. The molecule has 1 saturated carbocycles. The zero-order valence-corrected chi connectivity index (χ0v) is 17.4. The molecule has 1 atom stereocenters. The molecule has 0 aromatic heterocycles. The number of carbonyl (C=O) groups excluding carboxylic acids is 2. The maximum atomic E-state index is 12.9. The van der Waals surface area contributed by atoms with Gasteiger partial charge in [-0.25, -0.2) is 0 Å². The zero-order chi connectivity index (χ0) is 19.9. The molecule has 1 unspecified atom stereocenters. The first kappa shape index (κ1) is 20.8. The SMILES string of the molecule is CC(C(=O)N(C)C1CCCCC1)N1CCC(C(=O)NCc2ccccc2)CC1. The minimum Gasteiger partial charge on any atom is -0.352 e. The monoisotopic (exact) mass is 385 g/mol. The number of nitrogens with one attached hydrogen (secondary N) is 1. The highest BCUT2D eigenvalue weighted by Gasteiger charge is 2.32. The highest BCUT2D eigenvalue weighted by Crippen LogP contribution is 2.24. The van der Waals surface area contributed by atoms with Crippen molar-refractivity contribution in [2.75, 3.05) is 20.1 Å². The first-order valence-electron chi connectivity index (χ1n) is 10.9. The lowest BCUT2D eigenvalue weighted by atomic mass is 9.93. The third-order valence-corrected chi connectivity index (χ3v) is 6.59. The van der Waals surface area contributed by atoms with E-state index in [2.05, 4.69) is 10.2 Å². The molecule has 5 nitrogen and oxygen atoms in total. The largest absolute Gasteiger partial charge is 0.352 e. The van der Waals surface area contributed by atoms with Gasteiger partial charge in [0.2, 0.25) is 11.8 Å². The average molecular weight is 386 g/mol. The van der Waals surface area contributed by atoms with Gasteiger partial charge in [-0.3, -0.25) is 14.5 Å². The quantitative estimate of drug-likeness (QED) is 0.818. The Kier molecular flexibility index (Phi) is 7.49. The van der Waals surface area contributed by atoms with Crippen molar-refractivity contribution in [3.8, 4) is 0 Å². The van der Waals surface area contributed by atoms with Crippen LogP contribution in [0.15, 0.2) is 30.3 Å². The summed E-state index contributed by atoms with van der Waals surface area (Å²) in [5.41, 5.74) is 1.12. The first-order chi connectivity index (χ1) is 13.6. The molecule has 0 spiro atoms. The summed E-state index contributed by atoms with van der Waals surface area (Å²) < 4.78 is 0. The van der Waals surface area contributed by atoms with Gasteiger partial charge in [0.25, 0.3) is 0 Å². The van der Waals surface area contributed by atoms with E-state index in [-0.39, 0.29) is 23.8 Å². The summed E-state index contributed by atoms with van der Waals surface area (Å²) in [6.07, 6.45) is 7.70. The Morgan fingerprint density at radius 1 is 1.07 bits per heavy atom. The van der Waals surface area contributed by atoms with E-state index < -0.39 is 0 Å². The van der Waals surface area contributed by atoms with Gasteiger partial charge in [-0.1, -0.05) is 49.6 Å². The van der Waals surface area contributed by atoms with E-state index in [0.717, 1.165) is 44.3 Å². The Bertz CT molecular complexity index is 635. The number of amides is 2. The van der Waals surface area contributed by atoms with Crippen LogP contribution in [0.25, 0.3) is 0 Å².